The first kappa shape index (κ1) is 12.8. The fraction of sp³-hybridized carbons (Fsp3) is 0.545. The zero-order valence-electron chi connectivity index (χ0n) is 9.37. The van der Waals surface area contributed by atoms with Gasteiger partial charge in [-0.2, -0.15) is 0 Å². The minimum atomic E-state index is -0.193. The first-order chi connectivity index (χ1) is 6.92. The smallest absolute Gasteiger partial charge is 0.168 e. The highest BCUT2D eigenvalue weighted by atomic mass is 35.5. The van der Waals surface area contributed by atoms with Crippen molar-refractivity contribution in [2.75, 3.05) is 0 Å². The average Bonchev–Trinajstić information content (AvgIpc) is 2.17. The van der Waals surface area contributed by atoms with Gasteiger partial charge in [0.05, 0.1) is 0 Å². The van der Waals surface area contributed by atoms with E-state index in [1.807, 2.05) is 37.9 Å². The molecule has 0 fully saturated rings. The van der Waals surface area contributed by atoms with Crippen molar-refractivity contribution >= 4 is 23.6 Å². The predicted octanol–water partition coefficient (Wildman–Crippen LogP) is 2.83. The summed E-state index contributed by atoms with van der Waals surface area (Å²) < 4.78 is 3.25. The third-order valence-electron chi connectivity index (χ3n) is 2.53. The molecule has 0 aliphatic carbocycles. The Morgan fingerprint density at radius 1 is 1.27 bits per heavy atom. The molecule has 0 aliphatic heterocycles. The van der Waals surface area contributed by atoms with Gasteiger partial charge in [-0.1, -0.05) is 0 Å². The van der Waals surface area contributed by atoms with Crippen molar-refractivity contribution in [2.45, 2.75) is 32.2 Å². The molecule has 1 aromatic rings. The van der Waals surface area contributed by atoms with E-state index in [0.29, 0.717) is 0 Å². The van der Waals surface area contributed by atoms with Crippen LogP contribution in [0.15, 0.2) is 24.5 Å². The van der Waals surface area contributed by atoms with Gasteiger partial charge in [-0.05, 0) is 55.8 Å². The van der Waals surface area contributed by atoms with Gasteiger partial charge in [0, 0.05) is 17.7 Å². The summed E-state index contributed by atoms with van der Waals surface area (Å²) in [5, 5.41) is 0. The van der Waals surface area contributed by atoms with Crippen molar-refractivity contribution < 1.29 is 4.57 Å². The van der Waals surface area contributed by atoms with E-state index in [1.165, 1.54) is 9.50 Å². The molecule has 0 saturated carbocycles. The summed E-state index contributed by atoms with van der Waals surface area (Å²) in [4.78, 5) is 0. The van der Waals surface area contributed by atoms with E-state index in [9.17, 15) is 0 Å². The number of hydrogen-bond acceptors (Lipinski definition) is 1. The van der Waals surface area contributed by atoms with Gasteiger partial charge in [-0.3, -0.25) is 0 Å². The van der Waals surface area contributed by atoms with Gasteiger partial charge in [0.25, 0.3) is 0 Å². The molecule has 0 atom stereocenters. The van der Waals surface area contributed by atoms with Crippen molar-refractivity contribution in [3.05, 3.63) is 30.1 Å². The van der Waals surface area contributed by atoms with Gasteiger partial charge >= 0.3 is 0 Å². The van der Waals surface area contributed by atoms with Crippen molar-refractivity contribution in [2.24, 2.45) is 7.05 Å². The summed E-state index contributed by atoms with van der Waals surface area (Å²) >= 11 is 11.5. The Labute approximate surface area is 102 Å². The van der Waals surface area contributed by atoms with E-state index in [2.05, 4.69) is 12.1 Å². The second kappa shape index (κ2) is 5.15. The van der Waals surface area contributed by atoms with Crippen molar-refractivity contribution in [1.29, 1.82) is 0 Å². The Morgan fingerprint density at radius 3 is 2.27 bits per heavy atom. The second-order valence-electron chi connectivity index (χ2n) is 4.42. The van der Waals surface area contributed by atoms with Crippen LogP contribution in [-0.2, 0) is 13.5 Å². The van der Waals surface area contributed by atoms with E-state index in [1.54, 1.807) is 0 Å². The molecule has 2 nitrogen and oxygen atoms in total. The highest BCUT2D eigenvalue weighted by Gasteiger charge is 2.23. The van der Waals surface area contributed by atoms with E-state index >= 15 is 0 Å². The fourth-order valence-electron chi connectivity index (χ4n) is 1.23. The molecule has 1 aromatic heterocycles. The molecule has 0 N–H and O–H groups in total. The Hall–Kier alpha value is -0.310. The van der Waals surface area contributed by atoms with E-state index in [0.717, 1.165) is 12.8 Å². The number of aryl methyl sites for hydroxylation is 2. The Bertz CT molecular complexity index is 307. The van der Waals surface area contributed by atoms with Gasteiger partial charge in [0.15, 0.2) is 12.4 Å². The molecule has 84 valence electrons. The van der Waals surface area contributed by atoms with E-state index in [4.69, 9.17) is 23.6 Å². The Balaban J connectivity index is 2.54. The van der Waals surface area contributed by atoms with Crippen LogP contribution < -0.4 is 4.57 Å². The Morgan fingerprint density at radius 2 is 1.80 bits per heavy atom. The largest absolute Gasteiger partial charge is 0.208 e. The van der Waals surface area contributed by atoms with Crippen LogP contribution in [-0.4, -0.2) is 9.48 Å². The molecule has 15 heavy (non-hydrogen) atoms. The van der Waals surface area contributed by atoms with Crippen molar-refractivity contribution in [1.82, 2.24) is 3.94 Å². The summed E-state index contributed by atoms with van der Waals surface area (Å²) in [6.45, 7) is 4.05. The minimum Gasteiger partial charge on any atom is -0.208 e. The normalized spacial score (nSPS) is 12.1. The summed E-state index contributed by atoms with van der Waals surface area (Å²) in [6, 6.07) is 4.23. The predicted molar refractivity (Wildman–Crippen MR) is 63.6 cm³/mol. The molecule has 4 heteroatoms. The maximum absolute atomic E-state index is 5.76. The summed E-state index contributed by atoms with van der Waals surface area (Å²) in [5.74, 6) is 0. The second-order valence-corrected chi connectivity index (χ2v) is 5.27. The standard InChI is InChI=1S/C11H17Cl2N2/c1-11(2,15(12)13)7-4-10-5-8-14(3)9-6-10/h5-6,8-9H,4,7H2,1-3H3/q+1. The van der Waals surface area contributed by atoms with E-state index < -0.39 is 0 Å². The van der Waals surface area contributed by atoms with E-state index in [-0.39, 0.29) is 5.54 Å². The molecular formula is C11H17Cl2N2+. The maximum atomic E-state index is 5.76. The summed E-state index contributed by atoms with van der Waals surface area (Å²) in [6.07, 6.45) is 5.99. The van der Waals surface area contributed by atoms with Crippen LogP contribution >= 0.6 is 23.6 Å². The minimum absolute atomic E-state index is 0.193. The molecular weight excluding hydrogens is 231 g/mol. The highest BCUT2D eigenvalue weighted by Crippen LogP contribution is 2.24. The van der Waals surface area contributed by atoms with Gasteiger partial charge in [-0.25, -0.2) is 4.57 Å². The number of halogens is 2. The molecule has 0 amide bonds. The molecule has 1 heterocycles. The third-order valence-corrected chi connectivity index (χ3v) is 3.45. The molecule has 0 radical (unpaired) electrons. The molecule has 0 bridgehead atoms. The lowest BCUT2D eigenvalue weighted by atomic mass is 9.97. The number of hydrogen-bond donors (Lipinski definition) is 0. The first-order valence-corrected chi connectivity index (χ1v) is 5.65. The molecule has 1 rings (SSSR count). The quantitative estimate of drug-likeness (QED) is 0.587. The van der Waals surface area contributed by atoms with Gasteiger partial charge in [0.2, 0.25) is 0 Å². The molecule has 0 saturated heterocycles. The monoisotopic (exact) mass is 247 g/mol. The van der Waals surface area contributed by atoms with Crippen LogP contribution in [0.1, 0.15) is 25.8 Å². The number of aromatic nitrogens is 1. The number of pyridine rings is 1. The number of nitrogens with zero attached hydrogens (tertiary/aromatic N) is 2. The molecule has 0 unspecified atom stereocenters. The SMILES string of the molecule is C[n+]1ccc(CCC(C)(C)N(Cl)Cl)cc1. The Kier molecular flexibility index (Phi) is 4.38. The van der Waals surface area contributed by atoms with Crippen LogP contribution in [0, 0.1) is 0 Å². The lowest BCUT2D eigenvalue weighted by molar-refractivity contribution is -0.671. The van der Waals surface area contributed by atoms with Crippen LogP contribution in [0.3, 0.4) is 0 Å². The molecule has 0 aromatic carbocycles. The zero-order valence-corrected chi connectivity index (χ0v) is 10.9. The van der Waals surface area contributed by atoms with Crippen molar-refractivity contribution in [3.8, 4) is 0 Å². The maximum Gasteiger partial charge on any atom is 0.168 e. The van der Waals surface area contributed by atoms with Gasteiger partial charge < -0.3 is 0 Å². The first-order valence-electron chi connectivity index (χ1n) is 4.98. The molecule has 0 spiro atoms. The lowest BCUT2D eigenvalue weighted by Crippen LogP contribution is -2.31. The van der Waals surface area contributed by atoms with Crippen LogP contribution in [0.4, 0.5) is 0 Å². The molecule has 0 aliphatic rings. The highest BCUT2D eigenvalue weighted by molar-refractivity contribution is 6.34. The van der Waals surface area contributed by atoms with Crippen LogP contribution in [0.2, 0.25) is 0 Å². The zero-order chi connectivity index (χ0) is 11.5. The number of rotatable bonds is 4. The lowest BCUT2D eigenvalue weighted by Gasteiger charge is -2.27. The third kappa shape index (κ3) is 3.98. The fourth-order valence-corrected chi connectivity index (χ4v) is 1.40. The average molecular weight is 248 g/mol. The van der Waals surface area contributed by atoms with Crippen LogP contribution in [0.25, 0.3) is 0 Å². The van der Waals surface area contributed by atoms with Crippen molar-refractivity contribution in [3.63, 3.8) is 0 Å². The van der Waals surface area contributed by atoms with Gasteiger partial charge in [-0.15, -0.1) is 3.94 Å². The summed E-state index contributed by atoms with van der Waals surface area (Å²) in [5.41, 5.74) is 1.11. The van der Waals surface area contributed by atoms with Gasteiger partial charge in [0.1, 0.15) is 7.05 Å². The van der Waals surface area contributed by atoms with Crippen LogP contribution in [0.5, 0.6) is 0 Å². The topological polar surface area (TPSA) is 7.12 Å². The summed E-state index contributed by atoms with van der Waals surface area (Å²) in [7, 11) is 2.01.